The van der Waals surface area contributed by atoms with Crippen LogP contribution in [0, 0.1) is 11.8 Å². The second-order valence-electron chi connectivity index (χ2n) is 13.2. The maximum atomic E-state index is 13.8. The molecule has 0 bridgehead atoms. The van der Waals surface area contributed by atoms with E-state index >= 15 is 0 Å². The third kappa shape index (κ3) is 8.26. The molecule has 3 atom stereocenters. The predicted molar refractivity (Wildman–Crippen MR) is 171 cm³/mol. The summed E-state index contributed by atoms with van der Waals surface area (Å²) in [6.07, 6.45) is -2.95. The molecule has 1 saturated heterocycles. The van der Waals surface area contributed by atoms with Gasteiger partial charge in [-0.1, -0.05) is 27.7 Å². The number of aromatic nitrogens is 3. The first-order valence-corrected chi connectivity index (χ1v) is 15.9. The SMILES string of the molecule is COc1ccc(C(=O)N[C@H](C(=O)N2CCC[C@H]2C(=O)N[C@H](C(=O)c2nnc(C(C)(C)c3ccc(C(F)(F)F)cn3)o2)C(C)C)C(C)C)cc1. The Morgan fingerprint density at radius 2 is 1.59 bits per heavy atom. The van der Waals surface area contributed by atoms with Crippen LogP contribution >= 0.6 is 0 Å². The zero-order valence-corrected chi connectivity index (χ0v) is 28.4. The number of amides is 3. The summed E-state index contributed by atoms with van der Waals surface area (Å²) < 4.78 is 49.9. The van der Waals surface area contributed by atoms with Gasteiger partial charge in [-0.2, -0.15) is 13.2 Å². The molecule has 3 amide bonds. The van der Waals surface area contributed by atoms with Gasteiger partial charge in [0.05, 0.1) is 29.8 Å². The fourth-order valence-electron chi connectivity index (χ4n) is 5.50. The van der Waals surface area contributed by atoms with Crippen molar-refractivity contribution < 1.29 is 41.5 Å². The van der Waals surface area contributed by atoms with E-state index in [2.05, 4.69) is 25.8 Å². The van der Waals surface area contributed by atoms with E-state index in [1.54, 1.807) is 65.8 Å². The average Bonchev–Trinajstić information content (AvgIpc) is 3.76. The van der Waals surface area contributed by atoms with Crippen molar-refractivity contribution in [1.82, 2.24) is 30.7 Å². The maximum absolute atomic E-state index is 13.8. The van der Waals surface area contributed by atoms with Crippen molar-refractivity contribution in [2.45, 2.75) is 84.1 Å². The second kappa shape index (κ2) is 14.7. The third-order valence-corrected chi connectivity index (χ3v) is 8.56. The number of hydrogen-bond acceptors (Lipinski definition) is 9. The van der Waals surface area contributed by atoms with Crippen molar-refractivity contribution in [2.24, 2.45) is 11.8 Å². The van der Waals surface area contributed by atoms with Crippen molar-refractivity contribution in [3.8, 4) is 5.75 Å². The first-order chi connectivity index (χ1) is 22.9. The smallest absolute Gasteiger partial charge is 0.417 e. The molecule has 2 aromatic heterocycles. The molecule has 1 aromatic carbocycles. The topological polar surface area (TPSA) is 157 Å². The minimum absolute atomic E-state index is 0.0547. The van der Waals surface area contributed by atoms with Crippen LogP contribution in [0.5, 0.6) is 5.75 Å². The van der Waals surface area contributed by atoms with Gasteiger partial charge in [0, 0.05) is 18.3 Å². The van der Waals surface area contributed by atoms with Crippen molar-refractivity contribution in [1.29, 1.82) is 0 Å². The van der Waals surface area contributed by atoms with Crippen LogP contribution in [-0.4, -0.2) is 75.4 Å². The van der Waals surface area contributed by atoms with E-state index < -0.39 is 70.6 Å². The fraction of sp³-hybridized carbons (Fsp3) is 0.500. The quantitative estimate of drug-likeness (QED) is 0.260. The number of likely N-dealkylation sites (tertiary alicyclic amines) is 1. The third-order valence-electron chi connectivity index (χ3n) is 8.56. The summed E-state index contributed by atoms with van der Waals surface area (Å²) in [7, 11) is 1.51. The number of nitrogens with one attached hydrogen (secondary N) is 2. The number of alkyl halides is 3. The normalized spacial score (nSPS) is 16.4. The number of pyridine rings is 1. The van der Waals surface area contributed by atoms with E-state index in [1.165, 1.54) is 18.1 Å². The van der Waals surface area contributed by atoms with Crippen LogP contribution in [0.25, 0.3) is 0 Å². The lowest BCUT2D eigenvalue weighted by Crippen LogP contribution is -2.57. The molecule has 1 aliphatic heterocycles. The van der Waals surface area contributed by atoms with Crippen LogP contribution in [0.15, 0.2) is 47.0 Å². The zero-order valence-electron chi connectivity index (χ0n) is 28.4. The number of rotatable bonds is 12. The van der Waals surface area contributed by atoms with E-state index in [1.807, 2.05) is 0 Å². The van der Waals surface area contributed by atoms with Gasteiger partial charge in [-0.05, 0) is 74.9 Å². The number of nitrogens with zero attached hydrogens (tertiary/aromatic N) is 4. The lowest BCUT2D eigenvalue weighted by Gasteiger charge is -2.31. The van der Waals surface area contributed by atoms with E-state index in [9.17, 15) is 32.3 Å². The Balaban J connectivity index is 1.47. The van der Waals surface area contributed by atoms with Crippen LogP contribution in [0.3, 0.4) is 0 Å². The standard InChI is InChI=1S/C34H41F3N6O6/c1-18(2)25(27(44)30-41-42-32(49-30)33(5,6)24-15-12-21(17-38-24)34(35,36)37)39-29(46)23-9-8-16-43(23)31(47)26(19(3)4)40-28(45)20-10-13-22(48-7)14-11-20/h10-15,17-19,23,25-26H,8-9,16H2,1-7H3,(H,39,46)(H,40,45)/t23-,25-,26-/m0/s1. The van der Waals surface area contributed by atoms with Crippen LogP contribution < -0.4 is 15.4 Å². The number of ketones is 1. The van der Waals surface area contributed by atoms with Crippen molar-refractivity contribution >= 4 is 23.5 Å². The number of Topliss-reactive ketones (excluding diaryl/α,β-unsaturated/α-hetero) is 1. The minimum atomic E-state index is -4.55. The van der Waals surface area contributed by atoms with Gasteiger partial charge >= 0.3 is 6.18 Å². The Morgan fingerprint density at radius 3 is 2.14 bits per heavy atom. The number of methoxy groups -OCH3 is 1. The summed E-state index contributed by atoms with van der Waals surface area (Å²) in [5.74, 6) is -2.66. The Bertz CT molecular complexity index is 1650. The number of carbonyl (C=O) groups excluding carboxylic acids is 4. The molecule has 4 rings (SSSR count). The highest BCUT2D eigenvalue weighted by Gasteiger charge is 2.41. The monoisotopic (exact) mass is 686 g/mol. The highest BCUT2D eigenvalue weighted by atomic mass is 19.4. The van der Waals surface area contributed by atoms with E-state index in [0.29, 0.717) is 36.9 Å². The van der Waals surface area contributed by atoms with Gasteiger partial charge in [-0.15, -0.1) is 10.2 Å². The van der Waals surface area contributed by atoms with Gasteiger partial charge in [-0.3, -0.25) is 24.2 Å². The molecule has 0 spiro atoms. The van der Waals surface area contributed by atoms with Gasteiger partial charge in [0.2, 0.25) is 23.5 Å². The van der Waals surface area contributed by atoms with Gasteiger partial charge in [0.25, 0.3) is 11.8 Å². The Hall–Kier alpha value is -4.82. The summed E-state index contributed by atoms with van der Waals surface area (Å²) in [6.45, 7) is 10.5. The number of halogens is 3. The van der Waals surface area contributed by atoms with E-state index in [4.69, 9.17) is 9.15 Å². The molecule has 0 radical (unpaired) electrons. The molecule has 3 heterocycles. The Kier molecular flexibility index (Phi) is 11.1. The molecule has 1 aliphatic rings. The number of benzene rings is 1. The largest absolute Gasteiger partial charge is 0.497 e. The average molecular weight is 687 g/mol. The summed E-state index contributed by atoms with van der Waals surface area (Å²) in [6, 6.07) is 5.66. The van der Waals surface area contributed by atoms with Crippen LogP contribution in [0.2, 0.25) is 0 Å². The number of carbonyl (C=O) groups is 4. The van der Waals surface area contributed by atoms with Gasteiger partial charge in [-0.25, -0.2) is 0 Å². The molecule has 1 fully saturated rings. The lowest BCUT2D eigenvalue weighted by molar-refractivity contribution is -0.140. The molecular formula is C34H41F3N6O6. The van der Waals surface area contributed by atoms with E-state index in [0.717, 1.165) is 6.07 Å². The first-order valence-electron chi connectivity index (χ1n) is 15.9. The van der Waals surface area contributed by atoms with Gasteiger partial charge < -0.3 is 24.7 Å². The molecule has 0 aliphatic carbocycles. The van der Waals surface area contributed by atoms with Crippen molar-refractivity contribution in [3.63, 3.8) is 0 Å². The Morgan fingerprint density at radius 1 is 0.939 bits per heavy atom. The fourth-order valence-corrected chi connectivity index (χ4v) is 5.50. The molecular weight excluding hydrogens is 645 g/mol. The van der Waals surface area contributed by atoms with Crippen LogP contribution in [0.1, 0.15) is 92.6 Å². The summed E-state index contributed by atoms with van der Waals surface area (Å²) in [4.78, 5) is 59.4. The molecule has 49 heavy (non-hydrogen) atoms. The molecule has 264 valence electrons. The van der Waals surface area contributed by atoms with Crippen molar-refractivity contribution in [3.05, 3.63) is 71.2 Å². The summed E-state index contributed by atoms with van der Waals surface area (Å²) in [5.41, 5.74) is -1.50. The molecule has 0 saturated carbocycles. The molecule has 12 nitrogen and oxygen atoms in total. The summed E-state index contributed by atoms with van der Waals surface area (Å²) >= 11 is 0. The minimum Gasteiger partial charge on any atom is -0.497 e. The number of ether oxygens (including phenoxy) is 1. The molecule has 3 aromatic rings. The van der Waals surface area contributed by atoms with E-state index in [-0.39, 0.29) is 17.5 Å². The molecule has 15 heteroatoms. The summed E-state index contributed by atoms with van der Waals surface area (Å²) in [5, 5.41) is 13.4. The maximum Gasteiger partial charge on any atom is 0.417 e. The van der Waals surface area contributed by atoms with Gasteiger partial charge in [0.1, 0.15) is 17.8 Å². The lowest BCUT2D eigenvalue weighted by atomic mass is 9.88. The predicted octanol–water partition coefficient (Wildman–Crippen LogP) is 4.59. The van der Waals surface area contributed by atoms with Crippen molar-refractivity contribution in [2.75, 3.05) is 13.7 Å². The highest BCUT2D eigenvalue weighted by Crippen LogP contribution is 2.33. The molecule has 0 unspecified atom stereocenters. The van der Waals surface area contributed by atoms with Crippen LogP contribution in [0.4, 0.5) is 13.2 Å². The van der Waals surface area contributed by atoms with Gasteiger partial charge in [0.15, 0.2) is 0 Å². The number of hydrogen-bond donors (Lipinski definition) is 2. The molecule has 2 N–H and O–H groups in total. The highest BCUT2D eigenvalue weighted by molar-refractivity contribution is 6.01. The second-order valence-corrected chi connectivity index (χ2v) is 13.2. The van der Waals surface area contributed by atoms with Crippen LogP contribution in [-0.2, 0) is 21.2 Å². The first kappa shape index (κ1) is 37.0. The zero-order chi connectivity index (χ0) is 36.3. The Labute approximate surface area is 282 Å².